The van der Waals surface area contributed by atoms with Crippen LogP contribution in [0.1, 0.15) is 56.9 Å². The number of carbonyl (C=O) groups is 1. The number of rotatable bonds is 6. The number of hydrogen-bond donors (Lipinski definition) is 1. The summed E-state index contributed by atoms with van der Waals surface area (Å²) in [6.45, 7) is 3.89. The average Bonchev–Trinajstić information content (AvgIpc) is 2.49. The number of amides is 1. The molecule has 0 unspecified atom stereocenters. The molecule has 1 radical (unpaired) electrons. The van der Waals surface area contributed by atoms with E-state index in [1.165, 1.54) is 37.7 Å². The number of hydrogen-bond acceptors (Lipinski definition) is 1. The zero-order chi connectivity index (χ0) is 14.2. The van der Waals surface area contributed by atoms with E-state index in [9.17, 15) is 4.79 Å². The van der Waals surface area contributed by atoms with Gasteiger partial charge in [0, 0.05) is 12.1 Å². The number of para-hydroxylation sites is 1. The van der Waals surface area contributed by atoms with E-state index in [4.69, 9.17) is 0 Å². The Bertz CT molecular complexity index is 421. The Morgan fingerprint density at radius 3 is 2.70 bits per heavy atom. The molecule has 2 heteroatoms. The van der Waals surface area contributed by atoms with E-state index in [0.717, 1.165) is 30.9 Å². The molecule has 2 rings (SSSR count). The summed E-state index contributed by atoms with van der Waals surface area (Å²) in [4.78, 5) is 12.1. The van der Waals surface area contributed by atoms with Crippen molar-refractivity contribution < 1.29 is 4.79 Å². The number of anilines is 1. The van der Waals surface area contributed by atoms with Gasteiger partial charge in [-0.2, -0.15) is 0 Å². The Balaban J connectivity index is 1.81. The second-order valence-electron chi connectivity index (χ2n) is 5.85. The van der Waals surface area contributed by atoms with Crippen LogP contribution in [0.3, 0.4) is 0 Å². The standard InChI is InChI=1S/C18H26NO/c1-2-8-16-11-6-7-12-17(16)19-18(20)14-13-15-9-4-3-5-10-15/h6-7,11-12,15H,1-5,8-10,13-14H2,(H,19,20). The van der Waals surface area contributed by atoms with Gasteiger partial charge in [0.15, 0.2) is 0 Å². The van der Waals surface area contributed by atoms with Crippen LogP contribution in [0.4, 0.5) is 5.69 Å². The molecule has 1 saturated carbocycles. The third-order valence-electron chi connectivity index (χ3n) is 4.24. The molecule has 0 atom stereocenters. The van der Waals surface area contributed by atoms with Gasteiger partial charge in [0.25, 0.3) is 0 Å². The van der Waals surface area contributed by atoms with Crippen LogP contribution in [0.15, 0.2) is 24.3 Å². The van der Waals surface area contributed by atoms with E-state index in [2.05, 4.69) is 18.3 Å². The molecule has 0 heterocycles. The second kappa shape index (κ2) is 8.08. The topological polar surface area (TPSA) is 29.1 Å². The van der Waals surface area contributed by atoms with Gasteiger partial charge in [-0.1, -0.05) is 57.2 Å². The Morgan fingerprint density at radius 1 is 1.20 bits per heavy atom. The molecule has 0 bridgehead atoms. The molecule has 1 fully saturated rings. The minimum Gasteiger partial charge on any atom is -0.326 e. The first-order valence-corrected chi connectivity index (χ1v) is 7.96. The largest absolute Gasteiger partial charge is 0.326 e. The highest BCUT2D eigenvalue weighted by Crippen LogP contribution is 2.27. The van der Waals surface area contributed by atoms with Gasteiger partial charge in [0.2, 0.25) is 5.91 Å². The maximum absolute atomic E-state index is 12.1. The zero-order valence-electron chi connectivity index (χ0n) is 12.4. The summed E-state index contributed by atoms with van der Waals surface area (Å²) in [5.41, 5.74) is 2.15. The van der Waals surface area contributed by atoms with E-state index in [-0.39, 0.29) is 5.91 Å². The van der Waals surface area contributed by atoms with Gasteiger partial charge in [-0.15, -0.1) is 0 Å². The maximum atomic E-state index is 12.1. The van der Waals surface area contributed by atoms with Gasteiger partial charge in [0.1, 0.15) is 0 Å². The van der Waals surface area contributed by atoms with Crippen LogP contribution in [0.2, 0.25) is 0 Å². The first-order chi connectivity index (χ1) is 9.79. The van der Waals surface area contributed by atoms with Gasteiger partial charge in [-0.25, -0.2) is 0 Å². The van der Waals surface area contributed by atoms with E-state index in [1.54, 1.807) is 0 Å². The van der Waals surface area contributed by atoms with Crippen LogP contribution in [0.5, 0.6) is 0 Å². The zero-order valence-corrected chi connectivity index (χ0v) is 12.4. The van der Waals surface area contributed by atoms with Crippen LogP contribution in [0, 0.1) is 12.8 Å². The van der Waals surface area contributed by atoms with Crippen molar-refractivity contribution in [3.8, 4) is 0 Å². The first-order valence-electron chi connectivity index (χ1n) is 7.96. The highest BCUT2D eigenvalue weighted by atomic mass is 16.1. The third kappa shape index (κ3) is 4.66. The van der Waals surface area contributed by atoms with Crippen LogP contribution < -0.4 is 5.32 Å². The molecular formula is C18H26NO. The molecule has 0 aliphatic heterocycles. The van der Waals surface area contributed by atoms with Crippen molar-refractivity contribution in [1.29, 1.82) is 0 Å². The summed E-state index contributed by atoms with van der Waals surface area (Å²) in [5, 5.41) is 3.07. The molecule has 0 saturated heterocycles. The fraction of sp³-hybridized carbons (Fsp3) is 0.556. The highest BCUT2D eigenvalue weighted by molar-refractivity contribution is 5.91. The Labute approximate surface area is 123 Å². The molecular weight excluding hydrogens is 246 g/mol. The molecule has 1 aromatic rings. The molecule has 2 nitrogen and oxygen atoms in total. The number of aryl methyl sites for hydroxylation is 1. The predicted octanol–water partition coefficient (Wildman–Crippen LogP) is 4.75. The van der Waals surface area contributed by atoms with E-state index < -0.39 is 0 Å². The third-order valence-corrected chi connectivity index (χ3v) is 4.24. The lowest BCUT2D eigenvalue weighted by molar-refractivity contribution is -0.116. The molecule has 1 N–H and O–H groups in total. The van der Waals surface area contributed by atoms with E-state index in [1.807, 2.05) is 18.2 Å². The van der Waals surface area contributed by atoms with Crippen LogP contribution in [-0.4, -0.2) is 5.91 Å². The highest BCUT2D eigenvalue weighted by Gasteiger charge is 2.15. The Kier molecular flexibility index (Phi) is 6.10. The summed E-state index contributed by atoms with van der Waals surface area (Å²) in [5.74, 6) is 0.927. The molecule has 20 heavy (non-hydrogen) atoms. The van der Waals surface area contributed by atoms with Gasteiger partial charge in [0.05, 0.1) is 0 Å². The Morgan fingerprint density at radius 2 is 1.95 bits per heavy atom. The lowest BCUT2D eigenvalue weighted by atomic mass is 9.86. The maximum Gasteiger partial charge on any atom is 0.224 e. The average molecular weight is 272 g/mol. The quantitative estimate of drug-likeness (QED) is 0.795. The minimum atomic E-state index is 0.159. The second-order valence-corrected chi connectivity index (χ2v) is 5.85. The van der Waals surface area contributed by atoms with Gasteiger partial charge < -0.3 is 5.32 Å². The van der Waals surface area contributed by atoms with Crippen molar-refractivity contribution in [2.75, 3.05) is 5.32 Å². The smallest absolute Gasteiger partial charge is 0.224 e. The molecule has 109 valence electrons. The molecule has 0 spiro atoms. The lowest BCUT2D eigenvalue weighted by Crippen LogP contribution is -2.15. The lowest BCUT2D eigenvalue weighted by Gasteiger charge is -2.21. The van der Waals surface area contributed by atoms with Crippen molar-refractivity contribution >= 4 is 11.6 Å². The van der Waals surface area contributed by atoms with Crippen LogP contribution in [-0.2, 0) is 11.2 Å². The minimum absolute atomic E-state index is 0.159. The molecule has 1 aromatic carbocycles. The van der Waals surface area contributed by atoms with E-state index >= 15 is 0 Å². The fourth-order valence-electron chi connectivity index (χ4n) is 3.07. The molecule has 1 aliphatic carbocycles. The van der Waals surface area contributed by atoms with E-state index in [0.29, 0.717) is 6.42 Å². The number of nitrogens with one attached hydrogen (secondary N) is 1. The monoisotopic (exact) mass is 272 g/mol. The summed E-state index contributed by atoms with van der Waals surface area (Å²) in [6, 6.07) is 8.05. The Hall–Kier alpha value is -1.31. The number of benzene rings is 1. The molecule has 1 amide bonds. The van der Waals surface area contributed by atoms with Crippen LogP contribution in [0.25, 0.3) is 0 Å². The number of carbonyl (C=O) groups excluding carboxylic acids is 1. The molecule has 0 aromatic heterocycles. The fourth-order valence-corrected chi connectivity index (χ4v) is 3.07. The van der Waals surface area contributed by atoms with Crippen molar-refractivity contribution in [1.82, 2.24) is 0 Å². The summed E-state index contributed by atoms with van der Waals surface area (Å²) >= 11 is 0. The summed E-state index contributed by atoms with van der Waals surface area (Å²) < 4.78 is 0. The molecule has 1 aliphatic rings. The van der Waals surface area contributed by atoms with Gasteiger partial charge >= 0.3 is 0 Å². The predicted molar refractivity (Wildman–Crippen MR) is 84.6 cm³/mol. The normalized spacial score (nSPS) is 16.1. The van der Waals surface area contributed by atoms with Crippen LogP contribution >= 0.6 is 0 Å². The summed E-state index contributed by atoms with van der Waals surface area (Å²) in [7, 11) is 0. The SMILES string of the molecule is [CH2]CCc1ccccc1NC(=O)CCC1CCCCC1. The van der Waals surface area contributed by atoms with Crippen molar-refractivity contribution in [2.45, 2.75) is 57.8 Å². The first kappa shape index (κ1) is 15.1. The summed E-state index contributed by atoms with van der Waals surface area (Å²) in [6.07, 6.45) is 10.2. The van der Waals surface area contributed by atoms with Gasteiger partial charge in [-0.05, 0) is 36.8 Å². The van der Waals surface area contributed by atoms with Crippen molar-refractivity contribution in [3.05, 3.63) is 36.8 Å². The van der Waals surface area contributed by atoms with Crippen molar-refractivity contribution in [3.63, 3.8) is 0 Å². The van der Waals surface area contributed by atoms with Gasteiger partial charge in [-0.3, -0.25) is 4.79 Å². The van der Waals surface area contributed by atoms with Crippen molar-refractivity contribution in [2.24, 2.45) is 5.92 Å².